The number of hydrogen-bond acceptors (Lipinski definition) is 2. The van der Waals surface area contributed by atoms with E-state index in [-0.39, 0.29) is 6.04 Å². The molecule has 0 N–H and O–H groups in total. The normalized spacial score (nSPS) is 16.0. The van der Waals surface area contributed by atoms with Crippen LogP contribution in [0.3, 0.4) is 0 Å². The topological polar surface area (TPSA) is 21.6 Å². The highest BCUT2D eigenvalue weighted by molar-refractivity contribution is 5.99. The average Bonchev–Trinajstić information content (AvgIpc) is 3.26. The van der Waals surface area contributed by atoms with Crippen LogP contribution < -0.4 is 0 Å². The summed E-state index contributed by atoms with van der Waals surface area (Å²) >= 11 is 0. The first-order chi connectivity index (χ1) is 14.8. The molecule has 4 aromatic rings. The van der Waals surface area contributed by atoms with Gasteiger partial charge in [0.25, 0.3) is 0 Å². The lowest BCUT2D eigenvalue weighted by molar-refractivity contribution is 0.317. The minimum atomic E-state index is 0.167. The Bertz CT molecular complexity index is 1220. The van der Waals surface area contributed by atoms with Crippen LogP contribution in [0, 0.1) is 0 Å². The van der Waals surface area contributed by atoms with E-state index < -0.39 is 0 Å². The van der Waals surface area contributed by atoms with Crippen molar-refractivity contribution < 1.29 is 4.74 Å². The third-order valence-electron chi connectivity index (χ3n) is 5.45. The van der Waals surface area contributed by atoms with Crippen molar-refractivity contribution in [1.82, 2.24) is 0 Å². The maximum absolute atomic E-state index is 5.99. The first-order valence-corrected chi connectivity index (χ1v) is 10.4. The van der Waals surface area contributed by atoms with Crippen LogP contribution in [0.1, 0.15) is 22.3 Å². The SMILES string of the molecule is C(=C\c1ccccc1C1=N[C@@H](Cc2ccccc2)CO1)/c1ccc2ccccc2c1. The third kappa shape index (κ3) is 4.04. The molecule has 0 saturated carbocycles. The lowest BCUT2D eigenvalue weighted by Gasteiger charge is -2.06. The highest BCUT2D eigenvalue weighted by Crippen LogP contribution is 2.22. The summed E-state index contributed by atoms with van der Waals surface area (Å²) in [6.07, 6.45) is 5.21. The van der Waals surface area contributed by atoms with Crippen LogP contribution >= 0.6 is 0 Å². The predicted molar refractivity (Wildman–Crippen MR) is 126 cm³/mol. The van der Waals surface area contributed by atoms with Gasteiger partial charge in [-0.1, -0.05) is 97.1 Å². The van der Waals surface area contributed by atoms with Crippen LogP contribution in [0.2, 0.25) is 0 Å². The number of fused-ring (bicyclic) bond motifs is 1. The summed E-state index contributed by atoms with van der Waals surface area (Å²) in [4.78, 5) is 4.87. The molecular formula is C28H23NO. The number of ether oxygens (including phenoxy) is 1. The Morgan fingerprint density at radius 3 is 2.43 bits per heavy atom. The van der Waals surface area contributed by atoms with Crippen molar-refractivity contribution in [3.8, 4) is 0 Å². The molecule has 0 fully saturated rings. The standard InChI is InChI=1S/C28H23NO/c1-2-8-21(9-3-1)19-26-20-30-28(29-26)27-13-7-6-11-24(27)17-15-22-14-16-23-10-4-5-12-25(23)18-22/h1-18,26H,19-20H2/b17-15+/t26-/m0/s1. The smallest absolute Gasteiger partial charge is 0.217 e. The van der Waals surface area contributed by atoms with Gasteiger partial charge in [-0.25, -0.2) is 4.99 Å². The Labute approximate surface area is 177 Å². The Hall–Kier alpha value is -3.65. The van der Waals surface area contributed by atoms with Crippen molar-refractivity contribution in [2.24, 2.45) is 4.99 Å². The lowest BCUT2D eigenvalue weighted by atomic mass is 10.0. The second-order valence-corrected chi connectivity index (χ2v) is 7.62. The van der Waals surface area contributed by atoms with Gasteiger partial charge in [0.15, 0.2) is 0 Å². The van der Waals surface area contributed by atoms with Crippen LogP contribution in [0.5, 0.6) is 0 Å². The van der Waals surface area contributed by atoms with Crippen LogP contribution in [-0.4, -0.2) is 18.5 Å². The third-order valence-corrected chi connectivity index (χ3v) is 5.45. The summed E-state index contributed by atoms with van der Waals surface area (Å²) in [6.45, 7) is 0.632. The Morgan fingerprint density at radius 2 is 1.53 bits per heavy atom. The molecule has 0 unspecified atom stereocenters. The van der Waals surface area contributed by atoms with Gasteiger partial charge in [-0.15, -0.1) is 0 Å². The average molecular weight is 389 g/mol. The molecule has 1 atom stereocenters. The first kappa shape index (κ1) is 18.4. The van der Waals surface area contributed by atoms with Crippen LogP contribution in [0.15, 0.2) is 102 Å². The van der Waals surface area contributed by atoms with Crippen molar-refractivity contribution in [3.05, 3.63) is 119 Å². The summed E-state index contributed by atoms with van der Waals surface area (Å²) in [5.74, 6) is 0.745. The van der Waals surface area contributed by atoms with Gasteiger partial charge in [0, 0.05) is 5.56 Å². The van der Waals surface area contributed by atoms with Gasteiger partial charge in [0.2, 0.25) is 5.90 Å². The number of benzene rings is 4. The molecule has 4 aromatic carbocycles. The van der Waals surface area contributed by atoms with Gasteiger partial charge in [0.05, 0.1) is 6.04 Å². The molecule has 0 amide bonds. The largest absolute Gasteiger partial charge is 0.475 e. The number of hydrogen-bond donors (Lipinski definition) is 0. The molecule has 30 heavy (non-hydrogen) atoms. The van der Waals surface area contributed by atoms with Gasteiger partial charge in [0.1, 0.15) is 6.61 Å². The molecule has 2 heteroatoms. The zero-order valence-electron chi connectivity index (χ0n) is 16.7. The Kier molecular flexibility index (Phi) is 5.14. The summed E-state index contributed by atoms with van der Waals surface area (Å²) in [6, 6.07) is 33.9. The molecule has 2 nitrogen and oxygen atoms in total. The second kappa shape index (κ2) is 8.38. The van der Waals surface area contributed by atoms with E-state index in [1.807, 2.05) is 12.1 Å². The van der Waals surface area contributed by atoms with Crippen molar-refractivity contribution in [1.29, 1.82) is 0 Å². The van der Waals surface area contributed by atoms with Crippen LogP contribution in [0.4, 0.5) is 0 Å². The Balaban J connectivity index is 1.38. The minimum Gasteiger partial charge on any atom is -0.475 e. The van der Waals surface area contributed by atoms with Crippen molar-refractivity contribution >= 4 is 28.8 Å². The first-order valence-electron chi connectivity index (χ1n) is 10.4. The van der Waals surface area contributed by atoms with Gasteiger partial charge in [-0.2, -0.15) is 0 Å². The molecule has 1 aliphatic heterocycles. The van der Waals surface area contributed by atoms with Crippen molar-refractivity contribution in [2.75, 3.05) is 6.61 Å². The number of aliphatic imine (C=N–C) groups is 1. The fourth-order valence-electron chi connectivity index (χ4n) is 3.89. The molecule has 1 aliphatic rings. The number of nitrogens with zero attached hydrogens (tertiary/aromatic N) is 1. The molecule has 0 bridgehead atoms. The second-order valence-electron chi connectivity index (χ2n) is 7.62. The van der Waals surface area contributed by atoms with Crippen LogP contribution in [-0.2, 0) is 11.2 Å². The summed E-state index contributed by atoms with van der Waals surface area (Å²) in [5.41, 5.74) is 4.63. The van der Waals surface area contributed by atoms with Gasteiger partial charge in [-0.05, 0) is 46.0 Å². The molecule has 0 spiro atoms. The number of rotatable bonds is 5. The highest BCUT2D eigenvalue weighted by atomic mass is 16.5. The van der Waals surface area contributed by atoms with Crippen molar-refractivity contribution in [2.45, 2.75) is 12.5 Å². The maximum atomic E-state index is 5.99. The molecule has 0 radical (unpaired) electrons. The predicted octanol–water partition coefficient (Wildman–Crippen LogP) is 6.40. The van der Waals surface area contributed by atoms with Gasteiger partial charge < -0.3 is 4.74 Å². The molecule has 5 rings (SSSR count). The molecular weight excluding hydrogens is 366 g/mol. The molecule has 0 aromatic heterocycles. The highest BCUT2D eigenvalue weighted by Gasteiger charge is 2.21. The van der Waals surface area contributed by atoms with E-state index in [1.54, 1.807) is 0 Å². The fraction of sp³-hybridized carbons (Fsp3) is 0.107. The van der Waals surface area contributed by atoms with Gasteiger partial charge >= 0.3 is 0 Å². The van der Waals surface area contributed by atoms with E-state index in [2.05, 4.69) is 97.1 Å². The van der Waals surface area contributed by atoms with E-state index in [1.165, 1.54) is 21.9 Å². The fourth-order valence-corrected chi connectivity index (χ4v) is 3.89. The van der Waals surface area contributed by atoms with E-state index in [4.69, 9.17) is 9.73 Å². The lowest BCUT2D eigenvalue weighted by Crippen LogP contribution is -2.09. The summed E-state index contributed by atoms with van der Waals surface area (Å²) in [7, 11) is 0. The summed E-state index contributed by atoms with van der Waals surface area (Å²) in [5, 5.41) is 2.51. The Morgan fingerprint density at radius 1 is 0.767 bits per heavy atom. The van der Waals surface area contributed by atoms with Crippen molar-refractivity contribution in [3.63, 3.8) is 0 Å². The monoisotopic (exact) mass is 389 g/mol. The van der Waals surface area contributed by atoms with E-state index in [0.717, 1.165) is 23.4 Å². The molecule has 1 heterocycles. The van der Waals surface area contributed by atoms with Gasteiger partial charge in [-0.3, -0.25) is 0 Å². The van der Waals surface area contributed by atoms with Crippen LogP contribution in [0.25, 0.3) is 22.9 Å². The molecule has 0 saturated heterocycles. The molecule has 0 aliphatic carbocycles. The quantitative estimate of drug-likeness (QED) is 0.362. The maximum Gasteiger partial charge on any atom is 0.217 e. The minimum absolute atomic E-state index is 0.167. The summed E-state index contributed by atoms with van der Waals surface area (Å²) < 4.78 is 5.99. The van der Waals surface area contributed by atoms with E-state index in [0.29, 0.717) is 6.61 Å². The zero-order valence-corrected chi connectivity index (χ0v) is 16.7. The molecule has 146 valence electrons. The zero-order chi connectivity index (χ0) is 20.2. The van der Waals surface area contributed by atoms with E-state index >= 15 is 0 Å². The van der Waals surface area contributed by atoms with E-state index in [9.17, 15) is 0 Å².